The van der Waals surface area contributed by atoms with Crippen molar-refractivity contribution in [3.8, 4) is 5.75 Å². The molecule has 0 bridgehead atoms. The highest BCUT2D eigenvalue weighted by Crippen LogP contribution is 2.28. The van der Waals surface area contributed by atoms with Gasteiger partial charge in [0.05, 0.1) is 13.2 Å². The molecule has 1 N–H and O–H groups in total. The number of aromatic nitrogens is 3. The second-order valence-electron chi connectivity index (χ2n) is 6.83. The Morgan fingerprint density at radius 3 is 2.38 bits per heavy atom. The van der Waals surface area contributed by atoms with Crippen LogP contribution in [0.2, 0.25) is 0 Å². The lowest BCUT2D eigenvalue weighted by Gasteiger charge is -2.31. The largest absolute Gasteiger partial charge is 0.497 e. The van der Waals surface area contributed by atoms with Gasteiger partial charge in [0.1, 0.15) is 5.75 Å². The molecule has 0 aliphatic carbocycles. The van der Waals surface area contributed by atoms with E-state index < -0.39 is 23.7 Å². The Kier molecular flexibility index (Phi) is 5.85. The molecule has 0 spiro atoms. The average molecular weight is 413 g/mol. The molecule has 0 saturated carbocycles. The SMILES string of the molecule is COc1ccc(CNC(=O)N2CCC(n3nc(C(F)(F)F)n(C)c3=O)CC2)cc1. The number of benzene rings is 1. The van der Waals surface area contributed by atoms with Gasteiger partial charge in [-0.25, -0.2) is 14.3 Å². The first-order valence-corrected chi connectivity index (χ1v) is 9.09. The van der Waals surface area contributed by atoms with E-state index in [0.717, 1.165) is 23.0 Å². The lowest BCUT2D eigenvalue weighted by molar-refractivity contribution is -0.147. The van der Waals surface area contributed by atoms with Crippen LogP contribution in [-0.2, 0) is 19.8 Å². The molecule has 1 aromatic heterocycles. The summed E-state index contributed by atoms with van der Waals surface area (Å²) >= 11 is 0. The van der Waals surface area contributed by atoms with Crippen LogP contribution in [0.5, 0.6) is 5.75 Å². The molecule has 29 heavy (non-hydrogen) atoms. The van der Waals surface area contributed by atoms with Gasteiger partial charge in [0.2, 0.25) is 5.82 Å². The fourth-order valence-electron chi connectivity index (χ4n) is 3.29. The average Bonchev–Trinajstić information content (AvgIpc) is 3.02. The summed E-state index contributed by atoms with van der Waals surface area (Å²) in [5, 5.41) is 6.29. The first-order valence-electron chi connectivity index (χ1n) is 9.09. The van der Waals surface area contributed by atoms with Crippen LogP contribution in [0, 0.1) is 0 Å². The number of amides is 2. The molecule has 0 atom stereocenters. The standard InChI is InChI=1S/C18H22F3N5O3/c1-24-15(18(19,20)21)23-26(17(24)28)13-7-9-25(10-8-13)16(27)22-11-12-3-5-14(29-2)6-4-12/h3-6,13H,7-11H2,1-2H3,(H,22,27). The number of rotatable bonds is 4. The van der Waals surface area contributed by atoms with E-state index in [-0.39, 0.29) is 6.03 Å². The molecule has 0 radical (unpaired) electrons. The molecule has 1 aromatic carbocycles. The Morgan fingerprint density at radius 2 is 1.86 bits per heavy atom. The van der Waals surface area contributed by atoms with Crippen molar-refractivity contribution in [3.05, 3.63) is 46.1 Å². The fourth-order valence-corrected chi connectivity index (χ4v) is 3.29. The monoisotopic (exact) mass is 413 g/mol. The third kappa shape index (κ3) is 4.54. The molecule has 1 aliphatic heterocycles. The molecular weight excluding hydrogens is 391 g/mol. The highest BCUT2D eigenvalue weighted by atomic mass is 19.4. The van der Waals surface area contributed by atoms with E-state index in [1.165, 1.54) is 0 Å². The number of hydrogen-bond donors (Lipinski definition) is 1. The Bertz CT molecular complexity index is 912. The van der Waals surface area contributed by atoms with Gasteiger partial charge in [-0.1, -0.05) is 12.1 Å². The minimum atomic E-state index is -4.69. The zero-order chi connectivity index (χ0) is 21.2. The third-order valence-corrected chi connectivity index (χ3v) is 4.96. The first-order chi connectivity index (χ1) is 13.7. The van der Waals surface area contributed by atoms with Crippen molar-refractivity contribution in [2.45, 2.75) is 31.6 Å². The highest BCUT2D eigenvalue weighted by molar-refractivity contribution is 5.74. The van der Waals surface area contributed by atoms with Gasteiger partial charge in [0, 0.05) is 26.7 Å². The van der Waals surface area contributed by atoms with Crippen molar-refractivity contribution in [1.29, 1.82) is 0 Å². The minimum absolute atomic E-state index is 0.261. The summed E-state index contributed by atoms with van der Waals surface area (Å²) in [6, 6.07) is 6.55. The molecule has 158 valence electrons. The smallest absolute Gasteiger partial charge is 0.451 e. The molecule has 1 fully saturated rings. The van der Waals surface area contributed by atoms with Crippen LogP contribution in [0.3, 0.4) is 0 Å². The number of piperidine rings is 1. The number of alkyl halides is 3. The Labute approximate surface area is 164 Å². The molecule has 0 unspecified atom stereocenters. The number of nitrogens with zero attached hydrogens (tertiary/aromatic N) is 4. The number of methoxy groups -OCH3 is 1. The zero-order valence-corrected chi connectivity index (χ0v) is 16.1. The summed E-state index contributed by atoms with van der Waals surface area (Å²) in [5.41, 5.74) is 0.105. The van der Waals surface area contributed by atoms with E-state index in [0.29, 0.717) is 37.0 Å². The van der Waals surface area contributed by atoms with Crippen molar-refractivity contribution >= 4 is 6.03 Å². The van der Waals surface area contributed by atoms with E-state index in [1.807, 2.05) is 12.1 Å². The molecular formula is C18H22F3N5O3. The molecule has 2 amide bonds. The number of hydrogen-bond acceptors (Lipinski definition) is 4. The van der Waals surface area contributed by atoms with Gasteiger partial charge in [-0.05, 0) is 30.5 Å². The molecule has 3 rings (SSSR count). The second-order valence-corrected chi connectivity index (χ2v) is 6.83. The number of likely N-dealkylation sites (tertiary alicyclic amines) is 1. The van der Waals surface area contributed by atoms with Crippen molar-refractivity contribution in [2.24, 2.45) is 7.05 Å². The van der Waals surface area contributed by atoms with E-state index in [2.05, 4.69) is 10.4 Å². The predicted octanol–water partition coefficient (Wildman–Crippen LogP) is 2.16. The van der Waals surface area contributed by atoms with Crippen LogP contribution in [0.15, 0.2) is 29.1 Å². The van der Waals surface area contributed by atoms with E-state index in [4.69, 9.17) is 4.74 Å². The van der Waals surface area contributed by atoms with Crippen LogP contribution in [0.1, 0.15) is 30.3 Å². The molecule has 2 aromatic rings. The van der Waals surface area contributed by atoms with E-state index in [1.54, 1.807) is 24.1 Å². The van der Waals surface area contributed by atoms with Crippen molar-refractivity contribution in [2.75, 3.05) is 20.2 Å². The van der Waals surface area contributed by atoms with Crippen LogP contribution in [-0.4, -0.2) is 45.5 Å². The van der Waals surface area contributed by atoms with Crippen molar-refractivity contribution in [3.63, 3.8) is 0 Å². The molecule has 1 saturated heterocycles. The van der Waals surface area contributed by atoms with Gasteiger partial charge in [-0.2, -0.15) is 13.2 Å². The fraction of sp³-hybridized carbons (Fsp3) is 0.500. The number of carbonyl (C=O) groups is 1. The number of carbonyl (C=O) groups excluding carboxylic acids is 1. The maximum atomic E-state index is 12.9. The Morgan fingerprint density at radius 1 is 1.24 bits per heavy atom. The van der Waals surface area contributed by atoms with Crippen molar-refractivity contribution < 1.29 is 22.7 Å². The van der Waals surface area contributed by atoms with Gasteiger partial charge in [0.25, 0.3) is 0 Å². The lowest BCUT2D eigenvalue weighted by Crippen LogP contribution is -2.45. The highest BCUT2D eigenvalue weighted by Gasteiger charge is 2.39. The van der Waals surface area contributed by atoms with Gasteiger partial charge in [0.15, 0.2) is 0 Å². The van der Waals surface area contributed by atoms with E-state index >= 15 is 0 Å². The Balaban J connectivity index is 1.56. The zero-order valence-electron chi connectivity index (χ0n) is 16.1. The molecule has 1 aliphatic rings. The number of halogens is 3. The normalized spacial score (nSPS) is 15.4. The quantitative estimate of drug-likeness (QED) is 0.833. The van der Waals surface area contributed by atoms with Gasteiger partial charge in [-0.3, -0.25) is 4.57 Å². The van der Waals surface area contributed by atoms with Crippen molar-refractivity contribution in [1.82, 2.24) is 24.6 Å². The summed E-state index contributed by atoms with van der Waals surface area (Å²) in [4.78, 5) is 26.0. The maximum Gasteiger partial charge on any atom is 0.451 e. The Hall–Kier alpha value is -2.98. The van der Waals surface area contributed by atoms with Crippen LogP contribution in [0.25, 0.3) is 0 Å². The van der Waals surface area contributed by atoms with Crippen LogP contribution >= 0.6 is 0 Å². The van der Waals surface area contributed by atoms with Crippen LogP contribution in [0.4, 0.5) is 18.0 Å². The second kappa shape index (κ2) is 8.18. The first kappa shape index (κ1) is 20.7. The summed E-state index contributed by atoms with van der Waals surface area (Å²) in [7, 11) is 2.62. The summed E-state index contributed by atoms with van der Waals surface area (Å²) < 4.78 is 45.3. The van der Waals surface area contributed by atoms with E-state index in [9.17, 15) is 22.8 Å². The van der Waals surface area contributed by atoms with Crippen LogP contribution < -0.4 is 15.7 Å². The molecule has 2 heterocycles. The third-order valence-electron chi connectivity index (χ3n) is 4.96. The summed E-state index contributed by atoms with van der Waals surface area (Å²) in [6.07, 6.45) is -3.99. The number of urea groups is 1. The number of nitrogens with one attached hydrogen (secondary N) is 1. The predicted molar refractivity (Wildman–Crippen MR) is 97.5 cm³/mol. The number of ether oxygens (including phenoxy) is 1. The lowest BCUT2D eigenvalue weighted by atomic mass is 10.1. The van der Waals surface area contributed by atoms with Gasteiger partial charge < -0.3 is 15.0 Å². The molecule has 11 heteroatoms. The van der Waals surface area contributed by atoms with Gasteiger partial charge >= 0.3 is 17.9 Å². The topological polar surface area (TPSA) is 81.4 Å². The van der Waals surface area contributed by atoms with Gasteiger partial charge in [-0.15, -0.1) is 5.10 Å². The summed E-state index contributed by atoms with van der Waals surface area (Å²) in [6.45, 7) is 0.990. The minimum Gasteiger partial charge on any atom is -0.497 e. The molecule has 8 nitrogen and oxygen atoms in total. The maximum absolute atomic E-state index is 12.9. The summed E-state index contributed by atoms with van der Waals surface area (Å²) in [5.74, 6) is -0.497.